The molecule has 0 aliphatic rings. The minimum atomic E-state index is -0.467. The first-order valence-corrected chi connectivity index (χ1v) is 7.82. The molecule has 1 atom stereocenters. The molecule has 3 nitrogen and oxygen atoms in total. The second-order valence-electron chi connectivity index (χ2n) is 5.19. The molecule has 0 heterocycles. The fourth-order valence-corrected chi connectivity index (χ4v) is 2.45. The third kappa shape index (κ3) is 5.20. The summed E-state index contributed by atoms with van der Waals surface area (Å²) in [6.07, 6.45) is 4.14. The van der Waals surface area contributed by atoms with Crippen LogP contribution in [-0.4, -0.2) is 24.0 Å². The third-order valence-corrected chi connectivity index (χ3v) is 4.12. The molecule has 0 spiro atoms. The Balaban J connectivity index is 2.57. The van der Waals surface area contributed by atoms with E-state index in [0.29, 0.717) is 5.56 Å². The molecule has 0 bridgehead atoms. The van der Waals surface area contributed by atoms with E-state index in [9.17, 15) is 9.18 Å². The number of benzene rings is 1. The number of carbonyl (C=O) groups is 1. The Labute approximate surface area is 131 Å². The summed E-state index contributed by atoms with van der Waals surface area (Å²) < 4.78 is 13.3. The van der Waals surface area contributed by atoms with Crippen molar-refractivity contribution in [3.8, 4) is 0 Å². The Kier molecular flexibility index (Phi) is 7.51. The summed E-state index contributed by atoms with van der Waals surface area (Å²) in [5.41, 5.74) is 0.583. The van der Waals surface area contributed by atoms with Gasteiger partial charge in [-0.25, -0.2) is 9.18 Å². The SMILES string of the molecule is CCCCC(CC)N(C)C(=O)NCc1cccc(F)c1Cl. The summed E-state index contributed by atoms with van der Waals surface area (Å²) in [5, 5.41) is 2.86. The van der Waals surface area contributed by atoms with Gasteiger partial charge in [-0.05, 0) is 24.5 Å². The molecule has 1 aromatic rings. The highest BCUT2D eigenvalue weighted by atomic mass is 35.5. The fourth-order valence-electron chi connectivity index (χ4n) is 2.26. The van der Waals surface area contributed by atoms with Crippen LogP contribution in [0.4, 0.5) is 9.18 Å². The highest BCUT2D eigenvalue weighted by Crippen LogP contribution is 2.19. The molecule has 21 heavy (non-hydrogen) atoms. The minimum Gasteiger partial charge on any atom is -0.334 e. The smallest absolute Gasteiger partial charge is 0.317 e. The summed E-state index contributed by atoms with van der Waals surface area (Å²) in [6, 6.07) is 4.67. The van der Waals surface area contributed by atoms with Crippen molar-refractivity contribution in [1.82, 2.24) is 10.2 Å². The highest BCUT2D eigenvalue weighted by molar-refractivity contribution is 6.31. The second-order valence-corrected chi connectivity index (χ2v) is 5.56. The number of hydrogen-bond donors (Lipinski definition) is 1. The molecule has 5 heteroatoms. The van der Waals surface area contributed by atoms with E-state index in [2.05, 4.69) is 19.2 Å². The van der Waals surface area contributed by atoms with Crippen molar-refractivity contribution in [3.05, 3.63) is 34.6 Å². The number of nitrogens with zero attached hydrogens (tertiary/aromatic N) is 1. The molecule has 118 valence electrons. The van der Waals surface area contributed by atoms with Crippen LogP contribution < -0.4 is 5.32 Å². The van der Waals surface area contributed by atoms with Crippen LogP contribution >= 0.6 is 11.6 Å². The van der Waals surface area contributed by atoms with Crippen molar-refractivity contribution in [2.45, 2.75) is 52.1 Å². The maximum absolute atomic E-state index is 13.3. The maximum Gasteiger partial charge on any atom is 0.317 e. The van der Waals surface area contributed by atoms with Gasteiger partial charge in [-0.3, -0.25) is 0 Å². The summed E-state index contributed by atoms with van der Waals surface area (Å²) in [6.45, 7) is 4.44. The average molecular weight is 315 g/mol. The molecule has 0 aliphatic heterocycles. The number of hydrogen-bond acceptors (Lipinski definition) is 1. The van der Waals surface area contributed by atoms with Gasteiger partial charge in [0.05, 0.1) is 5.02 Å². The molecule has 0 saturated carbocycles. The molecule has 0 aliphatic carbocycles. The van der Waals surface area contributed by atoms with E-state index in [1.54, 1.807) is 24.1 Å². The topological polar surface area (TPSA) is 32.3 Å². The predicted octanol–water partition coefficient (Wildman–Crippen LogP) is 4.59. The zero-order chi connectivity index (χ0) is 15.8. The number of urea groups is 1. The zero-order valence-corrected chi connectivity index (χ0v) is 13.7. The molecule has 0 radical (unpaired) electrons. The molecular weight excluding hydrogens is 291 g/mol. The number of halogens is 2. The minimum absolute atomic E-state index is 0.0680. The van der Waals surface area contributed by atoms with Crippen LogP contribution in [0.5, 0.6) is 0 Å². The van der Waals surface area contributed by atoms with E-state index < -0.39 is 5.82 Å². The molecule has 1 aromatic carbocycles. The van der Waals surface area contributed by atoms with Gasteiger partial charge < -0.3 is 10.2 Å². The molecule has 0 fully saturated rings. The van der Waals surface area contributed by atoms with Gasteiger partial charge in [0, 0.05) is 19.6 Å². The van der Waals surface area contributed by atoms with Crippen molar-refractivity contribution >= 4 is 17.6 Å². The number of unbranched alkanes of at least 4 members (excludes halogenated alkanes) is 1. The van der Waals surface area contributed by atoms with E-state index in [1.165, 1.54) is 6.07 Å². The van der Waals surface area contributed by atoms with E-state index >= 15 is 0 Å². The number of rotatable bonds is 7. The highest BCUT2D eigenvalue weighted by Gasteiger charge is 2.18. The van der Waals surface area contributed by atoms with Crippen LogP contribution in [-0.2, 0) is 6.54 Å². The van der Waals surface area contributed by atoms with E-state index in [-0.39, 0.29) is 23.6 Å². The van der Waals surface area contributed by atoms with Gasteiger partial charge in [-0.1, -0.05) is 50.4 Å². The lowest BCUT2D eigenvalue weighted by Gasteiger charge is -2.27. The van der Waals surface area contributed by atoms with Crippen molar-refractivity contribution < 1.29 is 9.18 Å². The van der Waals surface area contributed by atoms with Crippen LogP contribution in [0.1, 0.15) is 45.1 Å². The average Bonchev–Trinajstić information content (AvgIpc) is 2.49. The van der Waals surface area contributed by atoms with Gasteiger partial charge in [0.2, 0.25) is 0 Å². The van der Waals surface area contributed by atoms with Crippen molar-refractivity contribution in [3.63, 3.8) is 0 Å². The largest absolute Gasteiger partial charge is 0.334 e. The van der Waals surface area contributed by atoms with Crippen LogP contribution in [0.15, 0.2) is 18.2 Å². The normalized spacial score (nSPS) is 12.0. The van der Waals surface area contributed by atoms with Crippen LogP contribution in [0.2, 0.25) is 5.02 Å². The summed E-state index contributed by atoms with van der Waals surface area (Å²) in [4.78, 5) is 13.9. The number of nitrogens with one attached hydrogen (secondary N) is 1. The Morgan fingerprint density at radius 1 is 1.43 bits per heavy atom. The standard InChI is InChI=1S/C16H24ClFN2O/c1-4-6-9-13(5-2)20(3)16(21)19-11-12-8-7-10-14(18)15(12)17/h7-8,10,13H,4-6,9,11H2,1-3H3,(H,19,21). The van der Waals surface area contributed by atoms with Crippen LogP contribution in [0, 0.1) is 5.82 Å². The van der Waals surface area contributed by atoms with Crippen molar-refractivity contribution in [1.29, 1.82) is 0 Å². The molecule has 1 rings (SSSR count). The zero-order valence-electron chi connectivity index (χ0n) is 13.0. The molecule has 2 amide bonds. The van der Waals surface area contributed by atoms with E-state index in [0.717, 1.165) is 25.7 Å². The number of carbonyl (C=O) groups excluding carboxylic acids is 1. The second kappa shape index (κ2) is 8.88. The molecule has 1 unspecified atom stereocenters. The lowest BCUT2D eigenvalue weighted by molar-refractivity contribution is 0.183. The third-order valence-electron chi connectivity index (χ3n) is 3.69. The van der Waals surface area contributed by atoms with Crippen LogP contribution in [0.25, 0.3) is 0 Å². The lowest BCUT2D eigenvalue weighted by atomic mass is 10.1. The van der Waals surface area contributed by atoms with Gasteiger partial charge >= 0.3 is 6.03 Å². The van der Waals surface area contributed by atoms with Crippen molar-refractivity contribution in [2.24, 2.45) is 0 Å². The Hall–Kier alpha value is -1.29. The van der Waals surface area contributed by atoms with Gasteiger partial charge in [-0.15, -0.1) is 0 Å². The Morgan fingerprint density at radius 2 is 2.14 bits per heavy atom. The van der Waals surface area contributed by atoms with Gasteiger partial charge in [0.1, 0.15) is 5.82 Å². The van der Waals surface area contributed by atoms with Gasteiger partial charge in [0.15, 0.2) is 0 Å². The molecule has 1 N–H and O–H groups in total. The van der Waals surface area contributed by atoms with E-state index in [4.69, 9.17) is 11.6 Å². The first kappa shape index (κ1) is 17.8. The lowest BCUT2D eigenvalue weighted by Crippen LogP contribution is -2.43. The van der Waals surface area contributed by atoms with Gasteiger partial charge in [0.25, 0.3) is 0 Å². The van der Waals surface area contributed by atoms with Gasteiger partial charge in [-0.2, -0.15) is 0 Å². The summed E-state index contributed by atoms with van der Waals surface area (Å²) >= 11 is 5.87. The maximum atomic E-state index is 13.3. The van der Waals surface area contributed by atoms with Crippen molar-refractivity contribution in [2.75, 3.05) is 7.05 Å². The van der Waals surface area contributed by atoms with Crippen LogP contribution in [0.3, 0.4) is 0 Å². The summed E-state index contributed by atoms with van der Waals surface area (Å²) in [5.74, 6) is -0.467. The quantitative estimate of drug-likeness (QED) is 0.784. The summed E-state index contributed by atoms with van der Waals surface area (Å²) in [7, 11) is 1.80. The first-order chi connectivity index (χ1) is 10.0. The predicted molar refractivity (Wildman–Crippen MR) is 85.0 cm³/mol. The molecular formula is C16H24ClFN2O. The number of amides is 2. The molecule has 0 aromatic heterocycles. The fraction of sp³-hybridized carbons (Fsp3) is 0.562. The Morgan fingerprint density at radius 3 is 2.76 bits per heavy atom. The van der Waals surface area contributed by atoms with E-state index in [1.807, 2.05) is 0 Å². The monoisotopic (exact) mass is 314 g/mol. The first-order valence-electron chi connectivity index (χ1n) is 7.44. The molecule has 0 saturated heterocycles. The Bertz CT molecular complexity index is 468.